The maximum atomic E-state index is 13.3. The molecule has 4 aromatic rings. The number of anilines is 1. The molecule has 4 amide bonds. The first kappa shape index (κ1) is 29.7. The Kier molecular flexibility index (Phi) is 9.05. The number of esters is 1. The minimum absolute atomic E-state index is 0.0187. The largest absolute Gasteiger partial charge is 0.464 e. The summed E-state index contributed by atoms with van der Waals surface area (Å²) in [4.78, 5) is 66.3. The predicted octanol–water partition coefficient (Wildman–Crippen LogP) is 4.87. The van der Waals surface area contributed by atoms with Gasteiger partial charge >= 0.3 is 5.97 Å². The highest BCUT2D eigenvalue weighted by Gasteiger charge is 2.43. The first-order chi connectivity index (χ1) is 21.4. The molecule has 9 heteroatoms. The maximum Gasteiger partial charge on any atom is 0.329 e. The Morgan fingerprint density at radius 3 is 1.93 bits per heavy atom. The third-order valence-electron chi connectivity index (χ3n) is 6.98. The van der Waals surface area contributed by atoms with Crippen molar-refractivity contribution in [1.82, 2.24) is 10.2 Å². The van der Waals surface area contributed by atoms with Crippen LogP contribution in [0.2, 0.25) is 0 Å². The van der Waals surface area contributed by atoms with E-state index >= 15 is 0 Å². The van der Waals surface area contributed by atoms with Crippen LogP contribution in [-0.4, -0.2) is 47.1 Å². The molecule has 0 fully saturated rings. The fourth-order valence-corrected chi connectivity index (χ4v) is 4.81. The highest BCUT2D eigenvalue weighted by Crippen LogP contribution is 2.27. The van der Waals surface area contributed by atoms with Gasteiger partial charge in [0.05, 0.1) is 17.7 Å². The summed E-state index contributed by atoms with van der Waals surface area (Å²) in [6.45, 7) is 1.74. The number of hydrogen-bond acceptors (Lipinski definition) is 6. The van der Waals surface area contributed by atoms with Crippen LogP contribution in [0.25, 0.3) is 6.08 Å². The van der Waals surface area contributed by atoms with Crippen molar-refractivity contribution in [2.24, 2.45) is 0 Å². The van der Waals surface area contributed by atoms with Crippen LogP contribution in [0.15, 0.2) is 115 Å². The van der Waals surface area contributed by atoms with Gasteiger partial charge in [-0.2, -0.15) is 0 Å². The molecule has 1 atom stereocenters. The van der Waals surface area contributed by atoms with Gasteiger partial charge in [0.1, 0.15) is 11.7 Å². The van der Waals surface area contributed by atoms with Gasteiger partial charge < -0.3 is 15.4 Å². The van der Waals surface area contributed by atoms with Gasteiger partial charge in [0.2, 0.25) is 0 Å². The molecule has 5 rings (SSSR count). The molecule has 1 heterocycles. The molecule has 0 saturated heterocycles. The molecule has 0 aliphatic carbocycles. The molecule has 2 N–H and O–H groups in total. The molecule has 0 spiro atoms. The van der Waals surface area contributed by atoms with E-state index in [2.05, 4.69) is 10.6 Å². The van der Waals surface area contributed by atoms with Crippen molar-refractivity contribution in [1.29, 1.82) is 0 Å². The lowest BCUT2D eigenvalue weighted by Gasteiger charge is -2.24. The summed E-state index contributed by atoms with van der Waals surface area (Å²) in [7, 11) is 0. The summed E-state index contributed by atoms with van der Waals surface area (Å²) in [5, 5.41) is 5.49. The van der Waals surface area contributed by atoms with Gasteiger partial charge in [0.25, 0.3) is 23.6 Å². The standard InChI is InChI=1S/C35H29N3O6/c1-2-44-35(43)30(38-33(41)27-15-9-10-16-28(27)34(38)42)22-24-17-19-26(20-18-24)36-32(40)29(21-23-11-5-3-6-12-23)37-31(39)25-13-7-4-8-14-25/h3-21,30H,2,22H2,1H3,(H,36,40)(H,37,39)/b29-21+/t30-/m0/s1. The molecular weight excluding hydrogens is 558 g/mol. The fourth-order valence-electron chi connectivity index (χ4n) is 4.81. The van der Waals surface area contributed by atoms with Crippen LogP contribution in [-0.2, 0) is 20.7 Å². The minimum atomic E-state index is -1.17. The zero-order valence-corrected chi connectivity index (χ0v) is 23.9. The van der Waals surface area contributed by atoms with Crippen LogP contribution in [0, 0.1) is 0 Å². The van der Waals surface area contributed by atoms with Gasteiger partial charge in [0.15, 0.2) is 0 Å². The summed E-state index contributed by atoms with van der Waals surface area (Å²) in [5.41, 5.74) is 2.71. The van der Waals surface area contributed by atoms with Crippen LogP contribution >= 0.6 is 0 Å². The molecule has 0 radical (unpaired) electrons. The van der Waals surface area contributed by atoms with Crippen molar-refractivity contribution in [3.63, 3.8) is 0 Å². The van der Waals surface area contributed by atoms with Gasteiger partial charge in [0, 0.05) is 17.7 Å². The number of fused-ring (bicyclic) bond motifs is 1. The van der Waals surface area contributed by atoms with Crippen molar-refractivity contribution in [2.45, 2.75) is 19.4 Å². The lowest BCUT2D eigenvalue weighted by Crippen LogP contribution is -2.47. The molecule has 4 aromatic carbocycles. The number of rotatable bonds is 10. The van der Waals surface area contributed by atoms with Crippen LogP contribution < -0.4 is 10.6 Å². The smallest absolute Gasteiger partial charge is 0.329 e. The van der Waals surface area contributed by atoms with Crippen LogP contribution in [0.3, 0.4) is 0 Å². The van der Waals surface area contributed by atoms with E-state index in [0.717, 1.165) is 10.5 Å². The Morgan fingerprint density at radius 2 is 1.34 bits per heavy atom. The summed E-state index contributed by atoms with van der Waals surface area (Å²) < 4.78 is 5.22. The lowest BCUT2D eigenvalue weighted by molar-refractivity contribution is -0.147. The second kappa shape index (κ2) is 13.4. The van der Waals surface area contributed by atoms with Gasteiger partial charge in [-0.3, -0.25) is 24.1 Å². The second-order valence-electron chi connectivity index (χ2n) is 9.94. The number of imide groups is 1. The Balaban J connectivity index is 1.33. The van der Waals surface area contributed by atoms with E-state index in [1.807, 2.05) is 30.3 Å². The number of nitrogens with one attached hydrogen (secondary N) is 2. The third-order valence-corrected chi connectivity index (χ3v) is 6.98. The van der Waals surface area contributed by atoms with Gasteiger partial charge in [-0.25, -0.2) is 4.79 Å². The summed E-state index contributed by atoms with van der Waals surface area (Å²) in [6, 6.07) is 29.6. The SMILES string of the molecule is CCOC(=O)[C@H](Cc1ccc(NC(=O)/C(=C\c2ccccc2)NC(=O)c2ccccc2)cc1)N1C(=O)c2ccccc2C1=O. The van der Waals surface area contributed by atoms with Crippen LogP contribution in [0.1, 0.15) is 49.1 Å². The maximum absolute atomic E-state index is 13.3. The second-order valence-corrected chi connectivity index (χ2v) is 9.94. The van der Waals surface area contributed by atoms with Crippen molar-refractivity contribution >= 4 is 41.4 Å². The monoisotopic (exact) mass is 587 g/mol. The molecular formula is C35H29N3O6. The van der Waals surface area contributed by atoms with Crippen LogP contribution in [0.4, 0.5) is 5.69 Å². The first-order valence-electron chi connectivity index (χ1n) is 14.0. The molecule has 1 aliphatic rings. The van der Waals surface area contributed by atoms with E-state index in [-0.39, 0.29) is 29.9 Å². The Bertz CT molecular complexity index is 1700. The summed E-state index contributed by atoms with van der Waals surface area (Å²) in [5.74, 6) is -2.77. The van der Waals surface area contributed by atoms with E-state index in [1.165, 1.54) is 0 Å². The summed E-state index contributed by atoms with van der Waals surface area (Å²) in [6.07, 6.45) is 1.60. The zero-order valence-electron chi connectivity index (χ0n) is 23.9. The highest BCUT2D eigenvalue weighted by atomic mass is 16.5. The van der Waals surface area contributed by atoms with Gasteiger partial charge in [-0.15, -0.1) is 0 Å². The quantitative estimate of drug-likeness (QED) is 0.155. The normalized spacial score (nSPS) is 13.2. The molecule has 9 nitrogen and oxygen atoms in total. The molecule has 1 aliphatic heterocycles. The molecule has 0 saturated carbocycles. The van der Waals surface area contributed by atoms with Crippen molar-refractivity contribution in [2.75, 3.05) is 11.9 Å². The average molecular weight is 588 g/mol. The van der Waals surface area contributed by atoms with E-state index < -0.39 is 35.6 Å². The minimum Gasteiger partial charge on any atom is -0.464 e. The van der Waals surface area contributed by atoms with Crippen LogP contribution in [0.5, 0.6) is 0 Å². The number of hydrogen-bond donors (Lipinski definition) is 2. The molecule has 0 bridgehead atoms. The van der Waals surface area contributed by atoms with Crippen molar-refractivity contribution < 1.29 is 28.7 Å². The van der Waals surface area contributed by atoms with Crippen molar-refractivity contribution in [3.05, 3.63) is 143 Å². The summed E-state index contributed by atoms with van der Waals surface area (Å²) >= 11 is 0. The predicted molar refractivity (Wildman–Crippen MR) is 164 cm³/mol. The Labute approximate surface area is 254 Å². The lowest BCUT2D eigenvalue weighted by atomic mass is 10.0. The van der Waals surface area contributed by atoms with Crippen molar-refractivity contribution in [3.8, 4) is 0 Å². The average Bonchev–Trinajstić information content (AvgIpc) is 3.30. The first-order valence-corrected chi connectivity index (χ1v) is 14.0. The molecule has 0 aromatic heterocycles. The Morgan fingerprint density at radius 1 is 0.773 bits per heavy atom. The zero-order chi connectivity index (χ0) is 31.1. The van der Waals surface area contributed by atoms with Gasteiger partial charge in [-0.1, -0.05) is 72.8 Å². The number of carbonyl (C=O) groups excluding carboxylic acids is 5. The fraction of sp³-hybridized carbons (Fsp3) is 0.114. The number of benzene rings is 4. The molecule has 44 heavy (non-hydrogen) atoms. The van der Waals surface area contributed by atoms with E-state index in [4.69, 9.17) is 4.74 Å². The number of amides is 4. The topological polar surface area (TPSA) is 122 Å². The number of nitrogens with zero attached hydrogens (tertiary/aromatic N) is 1. The highest BCUT2D eigenvalue weighted by molar-refractivity contribution is 6.22. The Hall–Kier alpha value is -5.83. The molecule has 0 unspecified atom stereocenters. The third kappa shape index (κ3) is 6.63. The van der Waals surface area contributed by atoms with Gasteiger partial charge in [-0.05, 0) is 60.5 Å². The number of carbonyl (C=O) groups is 5. The van der Waals surface area contributed by atoms with E-state index in [9.17, 15) is 24.0 Å². The number of ether oxygens (including phenoxy) is 1. The van der Waals surface area contributed by atoms with E-state index in [0.29, 0.717) is 16.8 Å². The van der Waals surface area contributed by atoms with E-state index in [1.54, 1.807) is 91.9 Å². The molecule has 220 valence electrons.